The summed E-state index contributed by atoms with van der Waals surface area (Å²) in [5.74, 6) is -0.160. The molecule has 7 nitrogen and oxygen atoms in total. The van der Waals surface area contributed by atoms with Gasteiger partial charge in [-0.2, -0.15) is 0 Å². The second-order valence-electron chi connectivity index (χ2n) is 7.87. The summed E-state index contributed by atoms with van der Waals surface area (Å²) in [4.78, 5) is 12.8. The average molecular weight is 493 g/mol. The van der Waals surface area contributed by atoms with E-state index < -0.39 is 10.0 Å². The number of benzene rings is 3. The van der Waals surface area contributed by atoms with Gasteiger partial charge in [-0.15, -0.1) is 10.2 Å². The summed E-state index contributed by atoms with van der Waals surface area (Å²) in [5.41, 5.74) is 2.80. The third-order valence-electron chi connectivity index (χ3n) is 5.27. The maximum Gasteiger partial charge on any atom is 0.242 e. The Labute approximate surface area is 203 Å². The molecule has 1 aromatic heterocycles. The van der Waals surface area contributed by atoms with Gasteiger partial charge in [-0.05, 0) is 24.6 Å². The smallest absolute Gasteiger partial charge is 0.242 e. The van der Waals surface area contributed by atoms with Crippen molar-refractivity contribution >= 4 is 44.2 Å². The summed E-state index contributed by atoms with van der Waals surface area (Å²) in [7, 11) is -0.659. The van der Waals surface area contributed by atoms with Crippen molar-refractivity contribution in [3.63, 3.8) is 0 Å². The lowest BCUT2D eigenvalue weighted by molar-refractivity contribution is -0.113. The zero-order valence-corrected chi connectivity index (χ0v) is 20.7. The van der Waals surface area contributed by atoms with E-state index in [2.05, 4.69) is 15.5 Å². The van der Waals surface area contributed by atoms with Crippen LogP contribution in [0.1, 0.15) is 5.56 Å². The molecule has 0 saturated carbocycles. The molecule has 0 saturated heterocycles. The highest BCUT2D eigenvalue weighted by Crippen LogP contribution is 2.31. The van der Waals surface area contributed by atoms with Crippen molar-refractivity contribution in [2.45, 2.75) is 16.8 Å². The number of aromatic nitrogens is 2. The Kier molecular flexibility index (Phi) is 6.97. The standard InChI is InChI=1S/C25H24N4O3S2/c1-17-13-14-19(15-22(17)34(31,32)29(2)3)26-23(30)16-33-25-21-12-8-7-11-20(21)24(27-28-25)18-9-5-4-6-10-18/h4-15H,16H2,1-3H3,(H,26,30). The van der Waals surface area contributed by atoms with Crippen LogP contribution in [0.5, 0.6) is 0 Å². The van der Waals surface area contributed by atoms with Gasteiger partial charge in [0.1, 0.15) is 10.7 Å². The monoisotopic (exact) mass is 492 g/mol. The number of amides is 1. The van der Waals surface area contributed by atoms with E-state index in [4.69, 9.17) is 0 Å². The van der Waals surface area contributed by atoms with Gasteiger partial charge < -0.3 is 5.32 Å². The molecule has 0 bridgehead atoms. The Bertz CT molecular complexity index is 1460. The molecular formula is C25H24N4O3S2. The molecule has 1 N–H and O–H groups in total. The first-order valence-electron chi connectivity index (χ1n) is 10.5. The molecule has 0 atom stereocenters. The first kappa shape index (κ1) is 23.9. The number of aryl methyl sites for hydroxylation is 1. The highest BCUT2D eigenvalue weighted by molar-refractivity contribution is 8.00. The van der Waals surface area contributed by atoms with Crippen molar-refractivity contribution < 1.29 is 13.2 Å². The summed E-state index contributed by atoms with van der Waals surface area (Å²) in [6.07, 6.45) is 0. The Balaban J connectivity index is 1.53. The first-order valence-corrected chi connectivity index (χ1v) is 13.0. The molecule has 174 valence electrons. The van der Waals surface area contributed by atoms with Crippen molar-refractivity contribution in [1.29, 1.82) is 0 Å². The van der Waals surface area contributed by atoms with Crippen LogP contribution in [-0.2, 0) is 14.8 Å². The zero-order chi connectivity index (χ0) is 24.3. The molecule has 0 aliphatic rings. The van der Waals surface area contributed by atoms with E-state index >= 15 is 0 Å². The van der Waals surface area contributed by atoms with Crippen molar-refractivity contribution in [3.05, 3.63) is 78.4 Å². The third-order valence-corrected chi connectivity index (χ3v) is 8.21. The lowest BCUT2D eigenvalue weighted by Crippen LogP contribution is -2.23. The van der Waals surface area contributed by atoms with Gasteiger partial charge in [-0.3, -0.25) is 4.79 Å². The molecule has 1 amide bonds. The number of rotatable bonds is 7. The lowest BCUT2D eigenvalue weighted by atomic mass is 10.1. The van der Waals surface area contributed by atoms with E-state index in [1.54, 1.807) is 19.1 Å². The van der Waals surface area contributed by atoms with Gasteiger partial charge in [0.25, 0.3) is 0 Å². The molecule has 34 heavy (non-hydrogen) atoms. The number of fused-ring (bicyclic) bond motifs is 1. The van der Waals surface area contributed by atoms with Crippen molar-refractivity contribution in [2.75, 3.05) is 25.2 Å². The van der Waals surface area contributed by atoms with Crippen LogP contribution in [-0.4, -0.2) is 48.7 Å². The van der Waals surface area contributed by atoms with Gasteiger partial charge in [-0.25, -0.2) is 12.7 Å². The molecule has 0 spiro atoms. The highest BCUT2D eigenvalue weighted by Gasteiger charge is 2.20. The fourth-order valence-corrected chi connectivity index (χ4v) is 5.39. The molecular weight excluding hydrogens is 468 g/mol. The molecule has 0 unspecified atom stereocenters. The van der Waals surface area contributed by atoms with E-state index in [-0.39, 0.29) is 16.6 Å². The number of thioether (sulfide) groups is 1. The molecule has 4 aromatic rings. The van der Waals surface area contributed by atoms with Crippen LogP contribution < -0.4 is 5.32 Å². The number of hydrogen-bond acceptors (Lipinski definition) is 6. The lowest BCUT2D eigenvalue weighted by Gasteiger charge is -2.15. The third kappa shape index (κ3) is 4.96. The van der Waals surface area contributed by atoms with Crippen LogP contribution in [0, 0.1) is 6.92 Å². The van der Waals surface area contributed by atoms with Crippen molar-refractivity contribution in [1.82, 2.24) is 14.5 Å². The number of nitrogens with one attached hydrogen (secondary N) is 1. The topological polar surface area (TPSA) is 92.3 Å². The first-order chi connectivity index (χ1) is 16.3. The molecule has 0 radical (unpaired) electrons. The number of anilines is 1. The van der Waals surface area contributed by atoms with Gasteiger partial charge in [0, 0.05) is 36.1 Å². The number of hydrogen-bond donors (Lipinski definition) is 1. The van der Waals surface area contributed by atoms with Crippen LogP contribution in [0.3, 0.4) is 0 Å². The average Bonchev–Trinajstić information content (AvgIpc) is 2.84. The summed E-state index contributed by atoms with van der Waals surface area (Å²) in [6, 6.07) is 22.5. The quantitative estimate of drug-likeness (QED) is 0.380. The SMILES string of the molecule is Cc1ccc(NC(=O)CSc2nnc(-c3ccccc3)c3ccccc23)cc1S(=O)(=O)N(C)C. The predicted octanol–water partition coefficient (Wildman–Crippen LogP) is 4.59. The number of carbonyl (C=O) groups is 1. The van der Waals surface area contributed by atoms with E-state index in [1.165, 1.54) is 31.9 Å². The van der Waals surface area contributed by atoms with Crippen LogP contribution in [0.25, 0.3) is 22.0 Å². The van der Waals surface area contributed by atoms with E-state index in [1.807, 2.05) is 54.6 Å². The van der Waals surface area contributed by atoms with E-state index in [0.29, 0.717) is 16.3 Å². The second-order valence-corrected chi connectivity index (χ2v) is 11.0. The highest BCUT2D eigenvalue weighted by atomic mass is 32.2. The Morgan fingerprint density at radius 3 is 2.32 bits per heavy atom. The fraction of sp³-hybridized carbons (Fsp3) is 0.160. The second kappa shape index (κ2) is 9.92. The largest absolute Gasteiger partial charge is 0.325 e. The Morgan fingerprint density at radius 1 is 0.941 bits per heavy atom. The van der Waals surface area contributed by atoms with Crippen molar-refractivity contribution in [3.8, 4) is 11.3 Å². The Morgan fingerprint density at radius 2 is 1.62 bits per heavy atom. The van der Waals surface area contributed by atoms with Gasteiger partial charge in [-0.1, -0.05) is 72.4 Å². The van der Waals surface area contributed by atoms with Crippen LogP contribution in [0.4, 0.5) is 5.69 Å². The van der Waals surface area contributed by atoms with Gasteiger partial charge in [0.15, 0.2) is 0 Å². The number of sulfonamides is 1. The minimum absolute atomic E-state index is 0.104. The summed E-state index contributed by atoms with van der Waals surface area (Å²) in [6.45, 7) is 1.72. The van der Waals surface area contributed by atoms with E-state index in [0.717, 1.165) is 26.3 Å². The normalized spacial score (nSPS) is 11.6. The molecule has 0 aliphatic carbocycles. The summed E-state index contributed by atoms with van der Waals surface area (Å²) >= 11 is 1.29. The van der Waals surface area contributed by atoms with Crippen LogP contribution in [0.2, 0.25) is 0 Å². The molecule has 0 aliphatic heterocycles. The van der Waals surface area contributed by atoms with Crippen LogP contribution >= 0.6 is 11.8 Å². The molecule has 4 rings (SSSR count). The van der Waals surface area contributed by atoms with Gasteiger partial charge in [0.2, 0.25) is 15.9 Å². The van der Waals surface area contributed by atoms with Crippen LogP contribution in [0.15, 0.2) is 82.7 Å². The van der Waals surface area contributed by atoms with Crippen molar-refractivity contribution in [2.24, 2.45) is 0 Å². The summed E-state index contributed by atoms with van der Waals surface area (Å²) < 4.78 is 26.3. The fourth-order valence-electron chi connectivity index (χ4n) is 3.48. The number of nitrogens with zero attached hydrogens (tertiary/aromatic N) is 3. The minimum atomic E-state index is -3.61. The zero-order valence-electron chi connectivity index (χ0n) is 19.0. The maximum absolute atomic E-state index is 12.7. The number of carbonyl (C=O) groups excluding carboxylic acids is 1. The van der Waals surface area contributed by atoms with Gasteiger partial charge >= 0.3 is 0 Å². The molecule has 1 heterocycles. The minimum Gasteiger partial charge on any atom is -0.325 e. The molecule has 3 aromatic carbocycles. The molecule has 0 fully saturated rings. The molecule has 9 heteroatoms. The van der Waals surface area contributed by atoms with E-state index in [9.17, 15) is 13.2 Å². The summed E-state index contributed by atoms with van der Waals surface area (Å²) in [5, 5.41) is 14.1. The van der Waals surface area contributed by atoms with Gasteiger partial charge in [0.05, 0.1) is 10.6 Å². The maximum atomic E-state index is 12.7. The Hall–Kier alpha value is -3.27. The predicted molar refractivity (Wildman–Crippen MR) is 136 cm³/mol.